The highest BCUT2D eigenvalue weighted by molar-refractivity contribution is 6.12. The number of likely N-dealkylation sites (N-methyl/N-ethyl adjacent to an activating group) is 2. The highest BCUT2D eigenvalue weighted by Crippen LogP contribution is 2.41. The number of halogens is 4. The van der Waals surface area contributed by atoms with Crippen LogP contribution in [0.5, 0.6) is 28.7 Å². The van der Waals surface area contributed by atoms with Crippen molar-refractivity contribution in [2.45, 2.75) is 84.7 Å². The Morgan fingerprint density at radius 2 is 1.13 bits per heavy atom. The molecule has 6 aromatic carbocycles. The van der Waals surface area contributed by atoms with Crippen LogP contribution in [-0.4, -0.2) is 242 Å². The first-order valence-corrected chi connectivity index (χ1v) is 42.9. The number of carbonyl (C=O) groups excluding carboxylic acids is 10. The Hall–Kier alpha value is -15.7. The van der Waals surface area contributed by atoms with Crippen LogP contribution in [0.3, 0.4) is 0 Å². The molecule has 37 heteroatoms. The lowest BCUT2D eigenvalue weighted by Crippen LogP contribution is -2.54. The molecule has 0 saturated carbocycles. The molecule has 5 saturated heterocycles. The van der Waals surface area contributed by atoms with Crippen molar-refractivity contribution in [1.82, 2.24) is 75.7 Å². The fourth-order valence-electron chi connectivity index (χ4n) is 16.8. The summed E-state index contributed by atoms with van der Waals surface area (Å²) in [5, 5.41) is 39.6. The lowest BCUT2D eigenvalue weighted by molar-refractivity contribution is -0.143. The fraction of sp³-hybridized carbons (Fsp3) is 0.320. The molecule has 134 heavy (non-hydrogen) atoms. The number of nitrogens with zero attached hydrogens (tertiary/aromatic N) is 12. The van der Waals surface area contributed by atoms with Crippen molar-refractivity contribution in [3.8, 4) is 98.0 Å². The molecule has 5 fully saturated rings. The molecule has 0 aliphatic carbocycles. The third-order valence-corrected chi connectivity index (χ3v) is 24.2. The van der Waals surface area contributed by atoms with E-state index in [4.69, 9.17) is 23.9 Å². The molecule has 4 atom stereocenters. The largest absolute Gasteiger partial charge is 0.506 e. The van der Waals surface area contributed by atoms with E-state index in [9.17, 15) is 67.0 Å². The summed E-state index contributed by atoms with van der Waals surface area (Å²) in [4.78, 5) is 150. The van der Waals surface area contributed by atoms with Gasteiger partial charge in [-0.1, -0.05) is 84.9 Å². The van der Waals surface area contributed by atoms with Crippen LogP contribution in [0.2, 0.25) is 0 Å². The van der Waals surface area contributed by atoms with Crippen molar-refractivity contribution in [1.29, 1.82) is 0 Å². The van der Waals surface area contributed by atoms with Gasteiger partial charge in [0.2, 0.25) is 22.9 Å². The zero-order valence-electron chi connectivity index (χ0n) is 74.7. The van der Waals surface area contributed by atoms with Gasteiger partial charge in [0.25, 0.3) is 29.5 Å². The number of rotatable bonds is 17. The quantitative estimate of drug-likeness (QED) is 0.00518. The standard InChI is InChI=1S/C36H31F2N5O6.C32H32N6O5.C29H30F2N6O5/c1-35(2,3)34(47)49-27-11-9-25(22-16-39-42(4)17-22)40-31(27)23-8-6-20(14-24(23)37)12-13-36(15-28(44)41-33(36)46)19-43-18-21-7-10-26(48-5)30(38)29(21)32(43)45;1-3-36-14-16-37(17-15-36)27-11-10-26(39)28(33-27)22-6-4-21(5-7-22)12-13-32(30(41)34-31(42)35-32)20-38-19-23-8-9-24(43-2)18-25(23)29(38)40;1-4-35-11-12-37(17(2)14-35)25(34-41)20-7-5-18(13-21(20)30)9-10-29(27(39)32-28(40)33-29)16-36-15-19-6-8-22(42-3)24(31)23(19)26(36)38/h6-11,14,16-17H,15,18-19H2,1-5H3,(H,41,44,46);4-11,18,39H,3,14-17,19-20H2,1-2H3,(H2,34,35,41,42);5-8,13,17,41H,4,11-12,14-16H2,1-3H3,(H2,32,33,39,40)/b;;34-25-/t36-;32-;17-,29+/m110/s1. The second-order valence-electron chi connectivity index (χ2n) is 34.1. The third kappa shape index (κ3) is 19.0. The van der Waals surface area contributed by atoms with Gasteiger partial charge < -0.3 is 69.3 Å². The van der Waals surface area contributed by atoms with E-state index in [0.29, 0.717) is 51.5 Å². The molecule has 33 nitrogen and oxygen atoms in total. The van der Waals surface area contributed by atoms with Crippen LogP contribution >= 0.6 is 0 Å². The van der Waals surface area contributed by atoms with Gasteiger partial charge in [-0.3, -0.25) is 63.9 Å². The minimum atomic E-state index is -1.86. The number of esters is 1. The minimum Gasteiger partial charge on any atom is -0.506 e. The molecule has 0 bridgehead atoms. The first-order valence-electron chi connectivity index (χ1n) is 42.9. The average molecular weight is 1830 g/mol. The number of amidine groups is 1. The number of aryl methyl sites for hydroxylation is 1. The summed E-state index contributed by atoms with van der Waals surface area (Å²) in [6.07, 6.45) is 2.99. The van der Waals surface area contributed by atoms with Gasteiger partial charge in [0.15, 0.2) is 34.7 Å². The summed E-state index contributed by atoms with van der Waals surface area (Å²) >= 11 is 0. The highest BCUT2D eigenvalue weighted by Gasteiger charge is 2.52. The van der Waals surface area contributed by atoms with E-state index in [0.717, 1.165) is 81.4 Å². The number of aromatic nitrogens is 4. The summed E-state index contributed by atoms with van der Waals surface area (Å²) in [7, 11) is 5.84. The van der Waals surface area contributed by atoms with Gasteiger partial charge >= 0.3 is 18.0 Å². The van der Waals surface area contributed by atoms with Crippen molar-refractivity contribution in [3.05, 3.63) is 219 Å². The Morgan fingerprint density at radius 1 is 0.567 bits per heavy atom. The van der Waals surface area contributed by atoms with Crippen molar-refractivity contribution in [3.63, 3.8) is 0 Å². The smallest absolute Gasteiger partial charge is 0.323 e. The Kier molecular flexibility index (Phi) is 26.4. The number of imide groups is 3. The van der Waals surface area contributed by atoms with Crippen LogP contribution in [0.4, 0.5) is 33.0 Å². The molecule has 0 radical (unpaired) electrons. The summed E-state index contributed by atoms with van der Waals surface area (Å²) in [6.45, 7) is 18.4. The molecule has 3 aromatic heterocycles. The molecule has 8 aliphatic rings. The molecular formula is C97H93F4N17O16. The van der Waals surface area contributed by atoms with Crippen LogP contribution in [0.15, 0.2) is 145 Å². The maximum absolute atomic E-state index is 15.9. The number of ether oxygens (including phenoxy) is 4. The maximum Gasteiger partial charge on any atom is 0.323 e. The molecular weight excluding hydrogens is 1740 g/mol. The van der Waals surface area contributed by atoms with Gasteiger partial charge in [-0.2, -0.15) is 5.10 Å². The second-order valence-corrected chi connectivity index (χ2v) is 34.1. The number of oxime groups is 1. The van der Waals surface area contributed by atoms with Gasteiger partial charge in [0.05, 0.1) is 74.8 Å². The predicted octanol–water partition coefficient (Wildman–Crippen LogP) is 8.34. The number of piperazine rings is 2. The number of benzene rings is 6. The fourth-order valence-corrected chi connectivity index (χ4v) is 16.8. The number of nitrogens with one attached hydrogen (secondary N) is 5. The third-order valence-electron chi connectivity index (χ3n) is 24.2. The van der Waals surface area contributed by atoms with Crippen molar-refractivity contribution in [2.75, 3.05) is 105 Å². The van der Waals surface area contributed by atoms with Gasteiger partial charge in [-0.05, 0) is 155 Å². The van der Waals surface area contributed by atoms with Crippen molar-refractivity contribution >= 4 is 71.0 Å². The lowest BCUT2D eigenvalue weighted by atomic mass is 9.85. The first-order chi connectivity index (χ1) is 64.1. The minimum absolute atomic E-state index is 0.00344. The molecule has 11 amide bonds. The second kappa shape index (κ2) is 38.0. The SMILES string of the molecule is CCN1CCN(/C(=N\O)c2ccc(C#C[C@]3(CN4Cc5ccc(OC)c(F)c5C4=O)NC(=O)NC3=O)cc2F)[C@@H](C)C1.CCN1CCN(c2ccc(O)c(-c3ccc(C#C[C@]4(CN5Cc6ccc(OC)cc6C5=O)NC(=O)NC4=O)cc3)n2)CC1.COc1ccc2c(c1F)C(=O)N(C[C@@]1(C#Cc3ccc(-c4nc(-c5cnn(C)c5)ccc4OC(=O)C(C)(C)C)c(F)c3)CC(=O)NC1=O)C2. The normalized spacial score (nSPS) is 19.7. The van der Waals surface area contributed by atoms with Gasteiger partial charge in [-0.15, -0.1) is 0 Å². The van der Waals surface area contributed by atoms with Crippen molar-refractivity contribution in [2.24, 2.45) is 23.0 Å². The number of fused-ring (bicyclic) bond motifs is 3. The van der Waals surface area contributed by atoms with Gasteiger partial charge in [0, 0.05) is 130 Å². The molecule has 11 heterocycles. The Labute approximate surface area is 767 Å². The van der Waals surface area contributed by atoms with Gasteiger partial charge in [0.1, 0.15) is 45.8 Å². The first kappa shape index (κ1) is 93.0. The van der Waals surface area contributed by atoms with Crippen LogP contribution in [0, 0.1) is 69.6 Å². The van der Waals surface area contributed by atoms with E-state index in [1.807, 2.05) is 24.0 Å². The van der Waals surface area contributed by atoms with Crippen LogP contribution in [0.1, 0.15) is 118 Å². The number of anilines is 1. The molecule has 8 aliphatic heterocycles. The Morgan fingerprint density at radius 3 is 1.66 bits per heavy atom. The number of amides is 11. The zero-order chi connectivity index (χ0) is 95.6. The van der Waals surface area contributed by atoms with E-state index < -0.39 is 98.7 Å². The summed E-state index contributed by atoms with van der Waals surface area (Å²) in [5.41, 5.74) is -0.807. The Balaban J connectivity index is 0.000000154. The van der Waals surface area contributed by atoms with E-state index in [1.54, 1.807) is 112 Å². The Bertz CT molecular complexity index is 6560. The van der Waals surface area contributed by atoms with E-state index in [1.165, 1.54) is 72.4 Å². The van der Waals surface area contributed by atoms with Crippen LogP contribution in [-0.2, 0) is 50.7 Å². The molecule has 0 spiro atoms. The predicted molar refractivity (Wildman–Crippen MR) is 478 cm³/mol. The summed E-state index contributed by atoms with van der Waals surface area (Å²) < 4.78 is 83.5. The van der Waals surface area contributed by atoms with E-state index >= 15 is 8.78 Å². The lowest BCUT2D eigenvalue weighted by Gasteiger charge is -2.40. The molecule has 17 rings (SSSR count). The summed E-state index contributed by atoms with van der Waals surface area (Å²) in [5.74, 6) is 10.4. The highest BCUT2D eigenvalue weighted by atomic mass is 19.1. The average Bonchev–Trinajstić information content (AvgIpc) is 1.55. The van der Waals surface area contributed by atoms with Crippen LogP contribution < -0.4 is 50.4 Å². The van der Waals surface area contributed by atoms with Crippen LogP contribution in [0.25, 0.3) is 33.8 Å². The number of pyridine rings is 2. The molecule has 9 aromatic rings. The number of aromatic hydroxyl groups is 1. The zero-order valence-corrected chi connectivity index (χ0v) is 74.7. The van der Waals surface area contributed by atoms with E-state index in [2.05, 4.69) is 106 Å². The van der Waals surface area contributed by atoms with E-state index in [-0.39, 0.29) is 126 Å². The number of hydrogen-bond acceptors (Lipinski definition) is 23. The maximum atomic E-state index is 15.9. The van der Waals surface area contributed by atoms with Gasteiger partial charge in [-0.25, -0.2) is 37.1 Å². The number of hydrogen-bond donors (Lipinski definition) is 7. The molecule has 0 unspecified atom stereocenters. The number of methoxy groups -OCH3 is 3. The topological polar surface area (TPSA) is 387 Å². The number of urea groups is 2. The molecule has 690 valence electrons. The number of carbonyl (C=O) groups is 10. The molecule has 7 N–H and O–H groups in total. The van der Waals surface area contributed by atoms with Crippen molar-refractivity contribution < 1.29 is 94.8 Å². The summed E-state index contributed by atoms with van der Waals surface area (Å²) in [6, 6.07) is 31.7. The monoisotopic (exact) mass is 1830 g/mol.